The van der Waals surface area contributed by atoms with Gasteiger partial charge in [-0.1, -0.05) is 0 Å². The van der Waals surface area contributed by atoms with Crippen LogP contribution in [0.15, 0.2) is 30.6 Å². The number of nitriles is 1. The predicted octanol–water partition coefficient (Wildman–Crippen LogP) is 3.14. The number of nitrogens with one attached hydrogen (secondary N) is 1. The quantitative estimate of drug-likeness (QED) is 0.857. The molecule has 1 saturated heterocycles. The summed E-state index contributed by atoms with van der Waals surface area (Å²) in [6.45, 7) is 8.08. The van der Waals surface area contributed by atoms with Crippen LogP contribution in [-0.2, 0) is 9.53 Å². The lowest BCUT2D eigenvalue weighted by molar-refractivity contribution is -0.115. The van der Waals surface area contributed by atoms with Crippen LogP contribution in [-0.4, -0.2) is 53.7 Å². The molecule has 2 aromatic rings. The van der Waals surface area contributed by atoms with Gasteiger partial charge in [0.2, 0.25) is 5.91 Å². The van der Waals surface area contributed by atoms with Gasteiger partial charge in [-0.2, -0.15) is 5.26 Å². The molecule has 0 radical (unpaired) electrons. The van der Waals surface area contributed by atoms with Crippen molar-refractivity contribution in [2.75, 3.05) is 36.4 Å². The van der Waals surface area contributed by atoms with Crippen LogP contribution in [0.25, 0.3) is 10.8 Å². The minimum atomic E-state index is -0.511. The summed E-state index contributed by atoms with van der Waals surface area (Å²) in [6.07, 6.45) is 2.93. The monoisotopic (exact) mass is 395 g/mol. The molecule has 152 valence electrons. The summed E-state index contributed by atoms with van der Waals surface area (Å²) in [6, 6.07) is 7.54. The van der Waals surface area contributed by atoms with Crippen molar-refractivity contribution in [3.63, 3.8) is 0 Å². The smallest absolute Gasteiger partial charge is 0.410 e. The van der Waals surface area contributed by atoms with E-state index >= 15 is 0 Å². The number of pyridine rings is 1. The molecule has 1 fully saturated rings. The number of rotatable bonds is 3. The van der Waals surface area contributed by atoms with Gasteiger partial charge in [0.25, 0.3) is 0 Å². The normalized spacial score (nSPS) is 14.4. The third kappa shape index (κ3) is 4.93. The van der Waals surface area contributed by atoms with Gasteiger partial charge in [-0.15, -0.1) is 0 Å². The standard InChI is InChI=1S/C21H25N5O3/c1-21(2,3)29-20(28)26-12-10-25(11-13-26)18-5-4-17(24-19(27)6-8-22)16-14-23-9-7-15(16)18/h4-5,7,9,14H,6,10-13H2,1-3H3,(H,24,27). The first-order chi connectivity index (χ1) is 13.8. The van der Waals surface area contributed by atoms with Crippen LogP contribution >= 0.6 is 0 Å². The molecule has 0 bridgehead atoms. The van der Waals surface area contributed by atoms with E-state index in [4.69, 9.17) is 10.00 Å². The van der Waals surface area contributed by atoms with E-state index in [0.29, 0.717) is 31.9 Å². The number of ether oxygens (including phenoxy) is 1. The van der Waals surface area contributed by atoms with Crippen LogP contribution in [0.5, 0.6) is 0 Å². The summed E-state index contributed by atoms with van der Waals surface area (Å²) in [5.41, 5.74) is 1.14. The molecule has 0 unspecified atom stereocenters. The Balaban J connectivity index is 1.77. The molecule has 0 spiro atoms. The fourth-order valence-corrected chi connectivity index (χ4v) is 3.28. The Bertz CT molecular complexity index is 953. The zero-order valence-corrected chi connectivity index (χ0v) is 16.9. The van der Waals surface area contributed by atoms with E-state index in [0.717, 1.165) is 16.5 Å². The molecule has 1 aromatic heterocycles. The zero-order valence-electron chi connectivity index (χ0n) is 16.9. The maximum Gasteiger partial charge on any atom is 0.410 e. The Labute approximate surface area is 170 Å². The molecule has 1 aromatic carbocycles. The Hall–Kier alpha value is -3.34. The maximum atomic E-state index is 12.3. The summed E-state index contributed by atoms with van der Waals surface area (Å²) >= 11 is 0. The van der Waals surface area contributed by atoms with E-state index in [1.807, 2.05) is 45.0 Å². The molecule has 2 amide bonds. The fraction of sp³-hybridized carbons (Fsp3) is 0.429. The van der Waals surface area contributed by atoms with Gasteiger partial charge < -0.3 is 19.9 Å². The largest absolute Gasteiger partial charge is 0.444 e. The van der Waals surface area contributed by atoms with Crippen molar-refractivity contribution >= 4 is 34.1 Å². The second kappa shape index (κ2) is 8.35. The second-order valence-electron chi connectivity index (χ2n) is 7.89. The minimum absolute atomic E-state index is 0.198. The van der Waals surface area contributed by atoms with Crippen LogP contribution in [0.2, 0.25) is 0 Å². The van der Waals surface area contributed by atoms with E-state index in [1.54, 1.807) is 17.3 Å². The summed E-state index contributed by atoms with van der Waals surface area (Å²) in [4.78, 5) is 32.2. The maximum absolute atomic E-state index is 12.3. The van der Waals surface area contributed by atoms with E-state index in [2.05, 4.69) is 15.2 Å². The van der Waals surface area contributed by atoms with Crippen molar-refractivity contribution in [3.05, 3.63) is 30.6 Å². The first kappa shape index (κ1) is 20.4. The minimum Gasteiger partial charge on any atom is -0.444 e. The number of amides is 2. The number of hydrogen-bond donors (Lipinski definition) is 1. The van der Waals surface area contributed by atoms with Crippen molar-refractivity contribution in [2.24, 2.45) is 0 Å². The fourth-order valence-electron chi connectivity index (χ4n) is 3.28. The summed E-state index contributed by atoms with van der Waals surface area (Å²) in [7, 11) is 0. The molecule has 3 rings (SSSR count). The van der Waals surface area contributed by atoms with Gasteiger partial charge >= 0.3 is 6.09 Å². The number of benzene rings is 1. The summed E-state index contributed by atoms with van der Waals surface area (Å²) in [5.74, 6) is -0.351. The number of piperazine rings is 1. The second-order valence-corrected chi connectivity index (χ2v) is 7.89. The van der Waals surface area contributed by atoms with Crippen molar-refractivity contribution in [1.82, 2.24) is 9.88 Å². The van der Waals surface area contributed by atoms with Crippen molar-refractivity contribution < 1.29 is 14.3 Å². The lowest BCUT2D eigenvalue weighted by atomic mass is 10.1. The van der Waals surface area contributed by atoms with Crippen molar-refractivity contribution in [3.8, 4) is 6.07 Å². The molecule has 1 aliphatic heterocycles. The van der Waals surface area contributed by atoms with E-state index in [1.165, 1.54) is 0 Å². The van der Waals surface area contributed by atoms with E-state index < -0.39 is 5.60 Å². The van der Waals surface area contributed by atoms with E-state index in [-0.39, 0.29) is 18.4 Å². The number of nitrogens with zero attached hydrogens (tertiary/aromatic N) is 4. The van der Waals surface area contributed by atoms with Gasteiger partial charge in [-0.05, 0) is 39.0 Å². The SMILES string of the molecule is CC(C)(C)OC(=O)N1CCN(c2ccc(NC(=O)CC#N)c3cnccc23)CC1. The molecule has 29 heavy (non-hydrogen) atoms. The van der Waals surface area contributed by atoms with Crippen LogP contribution in [0.3, 0.4) is 0 Å². The Kier molecular flexibility index (Phi) is 5.87. The third-order valence-electron chi connectivity index (χ3n) is 4.58. The number of fused-ring (bicyclic) bond motifs is 1. The van der Waals surface area contributed by atoms with Crippen LogP contribution in [0.4, 0.5) is 16.2 Å². The highest BCUT2D eigenvalue weighted by molar-refractivity contribution is 6.06. The van der Waals surface area contributed by atoms with Crippen LogP contribution < -0.4 is 10.2 Å². The third-order valence-corrected chi connectivity index (χ3v) is 4.58. The molecular formula is C21H25N5O3. The molecule has 0 aliphatic carbocycles. The molecule has 0 atom stereocenters. The van der Waals surface area contributed by atoms with Gasteiger partial charge in [0.05, 0.1) is 11.8 Å². The highest BCUT2D eigenvalue weighted by Crippen LogP contribution is 2.32. The van der Waals surface area contributed by atoms with E-state index in [9.17, 15) is 9.59 Å². The zero-order chi connectivity index (χ0) is 21.0. The molecule has 0 saturated carbocycles. The van der Waals surface area contributed by atoms with Gasteiger partial charge in [0.15, 0.2) is 0 Å². The van der Waals surface area contributed by atoms with Gasteiger partial charge in [0, 0.05) is 55.0 Å². The van der Waals surface area contributed by atoms with Gasteiger partial charge in [0.1, 0.15) is 12.0 Å². The number of hydrogen-bond acceptors (Lipinski definition) is 6. The predicted molar refractivity (Wildman–Crippen MR) is 111 cm³/mol. The molecule has 8 heteroatoms. The molecule has 8 nitrogen and oxygen atoms in total. The first-order valence-electron chi connectivity index (χ1n) is 9.55. The van der Waals surface area contributed by atoms with Crippen LogP contribution in [0.1, 0.15) is 27.2 Å². The average molecular weight is 395 g/mol. The van der Waals surface area contributed by atoms with Gasteiger partial charge in [-0.3, -0.25) is 9.78 Å². The lowest BCUT2D eigenvalue weighted by Gasteiger charge is -2.37. The number of carbonyl (C=O) groups excluding carboxylic acids is 2. The number of anilines is 2. The Morgan fingerprint density at radius 2 is 1.90 bits per heavy atom. The number of carbonyl (C=O) groups is 2. The molecular weight excluding hydrogens is 370 g/mol. The van der Waals surface area contributed by atoms with Gasteiger partial charge in [-0.25, -0.2) is 4.79 Å². The highest BCUT2D eigenvalue weighted by atomic mass is 16.6. The average Bonchev–Trinajstić information content (AvgIpc) is 2.67. The first-order valence-corrected chi connectivity index (χ1v) is 9.55. The van der Waals surface area contributed by atoms with Crippen molar-refractivity contribution in [1.29, 1.82) is 5.26 Å². The molecule has 1 aliphatic rings. The van der Waals surface area contributed by atoms with Crippen molar-refractivity contribution in [2.45, 2.75) is 32.8 Å². The Morgan fingerprint density at radius 3 is 2.55 bits per heavy atom. The van der Waals surface area contributed by atoms with Crippen LogP contribution in [0, 0.1) is 11.3 Å². The number of aromatic nitrogens is 1. The molecule has 2 heterocycles. The molecule has 1 N–H and O–H groups in total. The summed E-state index contributed by atoms with van der Waals surface area (Å²) in [5, 5.41) is 13.2. The Morgan fingerprint density at radius 1 is 1.17 bits per heavy atom. The lowest BCUT2D eigenvalue weighted by Crippen LogP contribution is -2.50. The summed E-state index contributed by atoms with van der Waals surface area (Å²) < 4.78 is 5.46. The topological polar surface area (TPSA) is 98.6 Å². The highest BCUT2D eigenvalue weighted by Gasteiger charge is 2.26.